The Balaban J connectivity index is 1.61. The second-order valence-electron chi connectivity index (χ2n) is 8.86. The van der Waals surface area contributed by atoms with E-state index in [1.165, 1.54) is 12.1 Å². The van der Waals surface area contributed by atoms with Gasteiger partial charge in [-0.1, -0.05) is 25.0 Å². The molecule has 0 bridgehead atoms. The number of amides is 1. The van der Waals surface area contributed by atoms with Crippen molar-refractivity contribution in [2.45, 2.75) is 54.8 Å². The Kier molecular flexibility index (Phi) is 6.03. The lowest BCUT2D eigenvalue weighted by molar-refractivity contribution is -0.141. The molecule has 2 heterocycles. The van der Waals surface area contributed by atoms with Crippen molar-refractivity contribution in [3.8, 4) is 0 Å². The molecule has 178 valence electrons. The fourth-order valence-corrected chi connectivity index (χ4v) is 5.77. The van der Waals surface area contributed by atoms with Gasteiger partial charge in [0.15, 0.2) is 9.84 Å². The number of pyridine rings is 1. The van der Waals surface area contributed by atoms with Crippen LogP contribution in [-0.4, -0.2) is 48.2 Å². The Morgan fingerprint density at radius 2 is 1.79 bits per heavy atom. The summed E-state index contributed by atoms with van der Waals surface area (Å²) in [6.07, 6.45) is 0.852. The highest BCUT2D eigenvalue weighted by Crippen LogP contribution is 2.47. The molecule has 2 fully saturated rings. The smallest absolute Gasteiger partial charge is 0.385 e. The molecule has 1 aromatic heterocycles. The van der Waals surface area contributed by atoms with E-state index in [4.69, 9.17) is 0 Å². The van der Waals surface area contributed by atoms with Gasteiger partial charge in [-0.25, -0.2) is 8.42 Å². The maximum atomic E-state index is 13.2. The number of hydrogen-bond donors (Lipinski definition) is 1. The Bertz CT molecular complexity index is 1130. The van der Waals surface area contributed by atoms with Crippen LogP contribution < -0.4 is 0 Å². The molecule has 1 amide bonds. The first kappa shape index (κ1) is 23.7. The second kappa shape index (κ2) is 8.39. The van der Waals surface area contributed by atoms with Crippen LogP contribution in [0.1, 0.15) is 53.7 Å². The van der Waals surface area contributed by atoms with Gasteiger partial charge in [-0.05, 0) is 49.1 Å². The SMILES string of the molecule is CS(=O)(=O)c1ccc([C@@]2(O)CCN(C(=O)c3ccc(C(F)(F)F)nc3)[C@@H]3CCCC[C@@H]32)cc1. The standard InChI is InChI=1S/C23H25F3N2O4S/c1-33(31,32)17-9-7-16(8-10-17)22(30)12-13-28(19-5-3-2-4-18(19)22)21(29)15-6-11-20(27-14-15)23(24,25)26/h6-11,14,18-19,30H,2-5,12-13H2,1H3/t18-,19+,22-/m0/s1. The van der Waals surface area contributed by atoms with E-state index in [0.29, 0.717) is 18.4 Å². The summed E-state index contributed by atoms with van der Waals surface area (Å²) in [5, 5.41) is 11.7. The Morgan fingerprint density at radius 3 is 2.36 bits per heavy atom. The van der Waals surface area contributed by atoms with Crippen LogP contribution >= 0.6 is 0 Å². The van der Waals surface area contributed by atoms with Crippen LogP contribution in [0.15, 0.2) is 47.5 Å². The highest BCUT2D eigenvalue weighted by atomic mass is 32.2. The van der Waals surface area contributed by atoms with Crippen molar-refractivity contribution in [2.24, 2.45) is 5.92 Å². The highest BCUT2D eigenvalue weighted by Gasteiger charge is 2.50. The van der Waals surface area contributed by atoms with Gasteiger partial charge in [0, 0.05) is 31.0 Å². The Morgan fingerprint density at radius 1 is 1.12 bits per heavy atom. The van der Waals surface area contributed by atoms with E-state index in [0.717, 1.165) is 37.4 Å². The summed E-state index contributed by atoms with van der Waals surface area (Å²) in [7, 11) is -3.37. The fourth-order valence-electron chi connectivity index (χ4n) is 5.14. The lowest BCUT2D eigenvalue weighted by atomic mass is 9.66. The molecule has 1 aliphatic heterocycles. The summed E-state index contributed by atoms with van der Waals surface area (Å²) < 4.78 is 62.0. The van der Waals surface area contributed by atoms with Gasteiger partial charge in [-0.15, -0.1) is 0 Å². The van der Waals surface area contributed by atoms with E-state index in [2.05, 4.69) is 4.98 Å². The Hall–Kier alpha value is -2.46. The zero-order valence-electron chi connectivity index (χ0n) is 18.0. The molecule has 1 saturated carbocycles. The Labute approximate surface area is 190 Å². The minimum Gasteiger partial charge on any atom is -0.385 e. The number of halogens is 3. The molecular formula is C23H25F3N2O4S. The molecule has 1 aromatic carbocycles. The number of aromatic nitrogens is 1. The topological polar surface area (TPSA) is 87.6 Å². The molecule has 1 aliphatic carbocycles. The summed E-state index contributed by atoms with van der Waals surface area (Å²) in [4.78, 5) is 18.4. The molecule has 0 radical (unpaired) electrons. The molecule has 2 aromatic rings. The predicted molar refractivity (Wildman–Crippen MR) is 114 cm³/mol. The van der Waals surface area contributed by atoms with E-state index >= 15 is 0 Å². The van der Waals surface area contributed by atoms with Crippen molar-refractivity contribution in [3.63, 3.8) is 0 Å². The van der Waals surface area contributed by atoms with Gasteiger partial charge in [0.05, 0.1) is 16.1 Å². The number of fused-ring (bicyclic) bond motifs is 1. The molecule has 3 atom stereocenters. The molecule has 1 N–H and O–H groups in total. The second-order valence-corrected chi connectivity index (χ2v) is 10.9. The zero-order chi connectivity index (χ0) is 24.0. The van der Waals surface area contributed by atoms with E-state index < -0.39 is 33.2 Å². The molecule has 10 heteroatoms. The minimum atomic E-state index is -4.58. The van der Waals surface area contributed by atoms with Crippen LogP contribution in [0.2, 0.25) is 0 Å². The quantitative estimate of drug-likeness (QED) is 0.719. The number of aliphatic hydroxyl groups is 1. The monoisotopic (exact) mass is 482 g/mol. The average molecular weight is 483 g/mol. The van der Waals surface area contributed by atoms with Crippen LogP contribution in [0.3, 0.4) is 0 Å². The zero-order valence-corrected chi connectivity index (χ0v) is 18.9. The van der Waals surface area contributed by atoms with Gasteiger partial charge in [0.1, 0.15) is 5.69 Å². The minimum absolute atomic E-state index is 0.0790. The first-order valence-electron chi connectivity index (χ1n) is 10.8. The van der Waals surface area contributed by atoms with Crippen LogP contribution in [-0.2, 0) is 21.6 Å². The molecule has 0 spiro atoms. The third-order valence-corrected chi connectivity index (χ3v) is 7.95. The van der Waals surface area contributed by atoms with Crippen molar-refractivity contribution in [2.75, 3.05) is 12.8 Å². The molecular weight excluding hydrogens is 457 g/mol. The van der Waals surface area contributed by atoms with Gasteiger partial charge in [0.25, 0.3) is 5.91 Å². The van der Waals surface area contributed by atoms with Crippen LogP contribution in [0.4, 0.5) is 13.2 Å². The maximum absolute atomic E-state index is 13.2. The number of likely N-dealkylation sites (tertiary alicyclic amines) is 1. The summed E-state index contributed by atoms with van der Waals surface area (Å²) in [5.41, 5.74) is -1.60. The predicted octanol–water partition coefficient (Wildman–Crippen LogP) is 3.80. The summed E-state index contributed by atoms with van der Waals surface area (Å²) in [6.45, 7) is 0.228. The molecule has 0 unspecified atom stereocenters. The number of nitrogens with zero attached hydrogens (tertiary/aromatic N) is 2. The van der Waals surface area contributed by atoms with Crippen LogP contribution in [0.5, 0.6) is 0 Å². The molecule has 6 nitrogen and oxygen atoms in total. The van der Waals surface area contributed by atoms with Crippen molar-refractivity contribution in [3.05, 3.63) is 59.4 Å². The number of sulfone groups is 1. The summed E-state index contributed by atoms with van der Waals surface area (Å²) >= 11 is 0. The number of benzene rings is 1. The largest absolute Gasteiger partial charge is 0.433 e. The normalized spacial score (nSPS) is 26.0. The van der Waals surface area contributed by atoms with E-state index in [9.17, 15) is 31.5 Å². The third kappa shape index (κ3) is 4.50. The number of hydrogen-bond acceptors (Lipinski definition) is 5. The fraction of sp³-hybridized carbons (Fsp3) is 0.478. The van der Waals surface area contributed by atoms with E-state index in [-0.39, 0.29) is 35.4 Å². The number of rotatable bonds is 3. The lowest BCUT2D eigenvalue weighted by Crippen LogP contribution is -2.59. The van der Waals surface area contributed by atoms with Crippen LogP contribution in [0, 0.1) is 5.92 Å². The summed E-state index contributed by atoms with van der Waals surface area (Å²) in [6, 6.07) is 7.87. The van der Waals surface area contributed by atoms with Crippen molar-refractivity contribution >= 4 is 15.7 Å². The molecule has 1 saturated heterocycles. The molecule has 2 aliphatic rings. The van der Waals surface area contributed by atoms with Crippen molar-refractivity contribution in [1.29, 1.82) is 0 Å². The third-order valence-electron chi connectivity index (χ3n) is 6.82. The van der Waals surface area contributed by atoms with Gasteiger partial charge in [-0.3, -0.25) is 9.78 Å². The first-order valence-corrected chi connectivity index (χ1v) is 12.7. The number of carbonyl (C=O) groups excluding carboxylic acids is 1. The van der Waals surface area contributed by atoms with Crippen molar-refractivity contribution < 1.29 is 31.5 Å². The maximum Gasteiger partial charge on any atom is 0.433 e. The van der Waals surface area contributed by atoms with E-state index in [1.807, 2.05) is 0 Å². The number of alkyl halides is 3. The van der Waals surface area contributed by atoms with Gasteiger partial charge >= 0.3 is 6.18 Å². The van der Waals surface area contributed by atoms with Gasteiger partial charge in [-0.2, -0.15) is 13.2 Å². The number of carbonyl (C=O) groups is 1. The van der Waals surface area contributed by atoms with Gasteiger partial charge in [0.2, 0.25) is 0 Å². The van der Waals surface area contributed by atoms with Gasteiger partial charge < -0.3 is 10.0 Å². The number of piperidine rings is 1. The van der Waals surface area contributed by atoms with E-state index in [1.54, 1.807) is 17.0 Å². The lowest BCUT2D eigenvalue weighted by Gasteiger charge is -2.52. The summed E-state index contributed by atoms with van der Waals surface area (Å²) in [5.74, 6) is -0.668. The van der Waals surface area contributed by atoms with Crippen LogP contribution in [0.25, 0.3) is 0 Å². The highest BCUT2D eigenvalue weighted by molar-refractivity contribution is 7.90. The molecule has 33 heavy (non-hydrogen) atoms. The average Bonchev–Trinajstić information content (AvgIpc) is 2.78. The molecule has 4 rings (SSSR count). The first-order chi connectivity index (χ1) is 15.4. The van der Waals surface area contributed by atoms with Crippen molar-refractivity contribution in [1.82, 2.24) is 9.88 Å².